The van der Waals surface area contributed by atoms with Gasteiger partial charge in [-0.05, 0) is 24.6 Å². The highest BCUT2D eigenvalue weighted by molar-refractivity contribution is 7.94. The number of rotatable bonds is 3. The Morgan fingerprint density at radius 1 is 1.41 bits per heavy atom. The molecule has 0 radical (unpaired) electrons. The first-order chi connectivity index (χ1) is 7.97. The zero-order valence-corrected chi connectivity index (χ0v) is 10.4. The topological polar surface area (TPSA) is 111 Å². The van der Waals surface area contributed by atoms with Gasteiger partial charge in [0.25, 0.3) is 14.4 Å². The summed E-state index contributed by atoms with van der Waals surface area (Å²) in [6.07, 6.45) is 1.52. The van der Waals surface area contributed by atoms with Crippen LogP contribution in [0.2, 0.25) is 0 Å². The number of aromatic nitrogens is 3. The van der Waals surface area contributed by atoms with Crippen LogP contribution < -0.4 is 10.5 Å². The summed E-state index contributed by atoms with van der Waals surface area (Å²) in [6.45, 7) is 1.84. The molecular weight excluding hydrogens is 262 g/mol. The van der Waals surface area contributed by atoms with Gasteiger partial charge in [0.05, 0.1) is 0 Å². The number of nitrogens with zero attached hydrogens (tertiary/aromatic N) is 3. The van der Waals surface area contributed by atoms with Crippen LogP contribution in [0.15, 0.2) is 22.7 Å². The summed E-state index contributed by atoms with van der Waals surface area (Å²) >= 11 is 0.795. The lowest BCUT2D eigenvalue weighted by atomic mass is 10.3. The third-order valence-corrected chi connectivity index (χ3v) is 4.28. The van der Waals surface area contributed by atoms with Crippen LogP contribution in [0.25, 0.3) is 0 Å². The van der Waals surface area contributed by atoms with E-state index in [0.717, 1.165) is 16.9 Å². The minimum Gasteiger partial charge on any atom is -0.374 e. The molecule has 17 heavy (non-hydrogen) atoms. The number of nitrogen functional groups attached to an aromatic ring is 1. The normalized spacial score (nSPS) is 11.4. The van der Waals surface area contributed by atoms with Crippen molar-refractivity contribution in [3.63, 3.8) is 0 Å². The maximum atomic E-state index is 11.8. The van der Waals surface area contributed by atoms with E-state index in [1.165, 1.54) is 6.20 Å². The van der Waals surface area contributed by atoms with E-state index in [0.29, 0.717) is 0 Å². The number of nitrogens with two attached hydrogens (primary N) is 1. The van der Waals surface area contributed by atoms with Crippen molar-refractivity contribution < 1.29 is 8.42 Å². The fourth-order valence-corrected chi connectivity index (χ4v) is 2.89. The van der Waals surface area contributed by atoms with Crippen molar-refractivity contribution in [2.24, 2.45) is 0 Å². The van der Waals surface area contributed by atoms with Gasteiger partial charge in [-0.3, -0.25) is 4.72 Å². The van der Waals surface area contributed by atoms with E-state index < -0.39 is 10.0 Å². The molecule has 0 aliphatic carbocycles. The van der Waals surface area contributed by atoms with Gasteiger partial charge in [0.2, 0.25) is 5.13 Å². The first-order valence-corrected chi connectivity index (χ1v) is 6.82. The highest BCUT2D eigenvalue weighted by Crippen LogP contribution is 2.19. The molecule has 90 valence electrons. The van der Waals surface area contributed by atoms with Crippen molar-refractivity contribution in [3.8, 4) is 0 Å². The number of hydrogen-bond donors (Lipinski definition) is 2. The fourth-order valence-electron chi connectivity index (χ4n) is 1.10. The molecule has 2 aromatic heterocycles. The molecule has 9 heteroatoms. The summed E-state index contributed by atoms with van der Waals surface area (Å²) in [5.41, 5.74) is 6.23. The van der Waals surface area contributed by atoms with E-state index in [1.54, 1.807) is 12.1 Å². The lowest BCUT2D eigenvalue weighted by molar-refractivity contribution is 0.599. The first-order valence-electron chi connectivity index (χ1n) is 4.52. The Morgan fingerprint density at radius 3 is 2.76 bits per heavy atom. The summed E-state index contributed by atoms with van der Waals surface area (Å²) in [4.78, 5) is 3.89. The molecule has 0 aromatic carbocycles. The molecule has 0 spiro atoms. The van der Waals surface area contributed by atoms with Gasteiger partial charge in [0.15, 0.2) is 0 Å². The SMILES string of the molecule is Cc1ccnc(NS(=O)(=O)c2nnc(N)s2)c1. The van der Waals surface area contributed by atoms with E-state index in [2.05, 4.69) is 19.9 Å². The van der Waals surface area contributed by atoms with Crippen LogP contribution in [0.1, 0.15) is 5.56 Å². The van der Waals surface area contributed by atoms with E-state index in [4.69, 9.17) is 5.73 Å². The number of aryl methyl sites for hydroxylation is 1. The first kappa shape index (κ1) is 11.7. The predicted octanol–water partition coefficient (Wildman–Crippen LogP) is 0.625. The number of hydrogen-bond acceptors (Lipinski definition) is 7. The van der Waals surface area contributed by atoms with Crippen LogP contribution >= 0.6 is 11.3 Å². The molecule has 0 unspecified atom stereocenters. The third-order valence-electron chi connectivity index (χ3n) is 1.81. The number of anilines is 2. The van der Waals surface area contributed by atoms with Crippen molar-refractivity contribution in [2.75, 3.05) is 10.5 Å². The molecule has 2 aromatic rings. The second-order valence-corrected chi connectivity index (χ2v) is 6.10. The van der Waals surface area contributed by atoms with E-state index >= 15 is 0 Å². The van der Waals surface area contributed by atoms with Crippen LogP contribution in [0.4, 0.5) is 10.9 Å². The molecule has 3 N–H and O–H groups in total. The number of pyridine rings is 1. The van der Waals surface area contributed by atoms with Gasteiger partial charge in [-0.15, -0.1) is 10.2 Å². The van der Waals surface area contributed by atoms with Gasteiger partial charge in [-0.25, -0.2) is 4.98 Å². The molecule has 0 saturated carbocycles. The summed E-state index contributed by atoms with van der Waals surface area (Å²) in [5, 5.41) is 7.02. The standard InChI is InChI=1S/C8H9N5O2S2/c1-5-2-3-10-6(4-5)13-17(14,15)8-12-11-7(9)16-8/h2-4H,1H3,(H2,9,11)(H,10,13). The fraction of sp³-hybridized carbons (Fsp3) is 0.125. The highest BCUT2D eigenvalue weighted by Gasteiger charge is 2.20. The third kappa shape index (κ3) is 2.68. The molecule has 0 aliphatic heterocycles. The molecule has 0 atom stereocenters. The van der Waals surface area contributed by atoms with Gasteiger partial charge >= 0.3 is 0 Å². The second-order valence-electron chi connectivity index (χ2n) is 3.23. The van der Waals surface area contributed by atoms with Gasteiger partial charge in [-0.1, -0.05) is 11.3 Å². The van der Waals surface area contributed by atoms with Crippen molar-refractivity contribution >= 4 is 32.3 Å². The van der Waals surface area contributed by atoms with Crippen molar-refractivity contribution in [3.05, 3.63) is 23.9 Å². The average Bonchev–Trinajstić information content (AvgIpc) is 2.65. The summed E-state index contributed by atoms with van der Waals surface area (Å²) in [5.74, 6) is 0.235. The Hall–Kier alpha value is -1.74. The highest BCUT2D eigenvalue weighted by atomic mass is 32.2. The van der Waals surface area contributed by atoms with Gasteiger partial charge < -0.3 is 5.73 Å². The summed E-state index contributed by atoms with van der Waals surface area (Å²) < 4.78 is 25.8. The lowest BCUT2D eigenvalue weighted by Gasteiger charge is -2.03. The largest absolute Gasteiger partial charge is 0.374 e. The van der Waals surface area contributed by atoms with E-state index in [1.807, 2.05) is 6.92 Å². The quantitative estimate of drug-likeness (QED) is 0.846. The van der Waals surface area contributed by atoms with Gasteiger partial charge in [-0.2, -0.15) is 8.42 Å². The Morgan fingerprint density at radius 2 is 2.18 bits per heavy atom. The molecule has 7 nitrogen and oxygen atoms in total. The van der Waals surface area contributed by atoms with Crippen LogP contribution in [-0.2, 0) is 10.0 Å². The predicted molar refractivity (Wildman–Crippen MR) is 64.1 cm³/mol. The molecule has 0 fully saturated rings. The molecule has 0 saturated heterocycles. The zero-order chi connectivity index (χ0) is 12.5. The Bertz CT molecular complexity index is 637. The van der Waals surface area contributed by atoms with E-state index in [-0.39, 0.29) is 15.3 Å². The molecule has 0 aliphatic rings. The molecule has 0 bridgehead atoms. The van der Waals surface area contributed by atoms with Crippen LogP contribution in [0.5, 0.6) is 0 Å². The summed E-state index contributed by atoms with van der Waals surface area (Å²) in [7, 11) is -3.76. The van der Waals surface area contributed by atoms with Crippen molar-refractivity contribution in [1.82, 2.24) is 15.2 Å². The maximum Gasteiger partial charge on any atom is 0.292 e. The Balaban J connectivity index is 2.29. The number of sulfonamides is 1. The number of nitrogens with one attached hydrogen (secondary N) is 1. The van der Waals surface area contributed by atoms with Gasteiger partial charge in [0.1, 0.15) is 5.82 Å². The van der Waals surface area contributed by atoms with Crippen molar-refractivity contribution in [1.29, 1.82) is 0 Å². The van der Waals surface area contributed by atoms with Crippen LogP contribution in [0, 0.1) is 6.92 Å². The van der Waals surface area contributed by atoms with Gasteiger partial charge in [0, 0.05) is 6.20 Å². The minimum atomic E-state index is -3.76. The smallest absolute Gasteiger partial charge is 0.292 e. The zero-order valence-electron chi connectivity index (χ0n) is 8.78. The van der Waals surface area contributed by atoms with Crippen LogP contribution in [0.3, 0.4) is 0 Å². The van der Waals surface area contributed by atoms with Crippen molar-refractivity contribution in [2.45, 2.75) is 11.3 Å². The molecule has 2 rings (SSSR count). The van der Waals surface area contributed by atoms with E-state index in [9.17, 15) is 8.42 Å². The Kier molecular flexibility index (Phi) is 2.94. The van der Waals surface area contributed by atoms with Crippen LogP contribution in [-0.4, -0.2) is 23.6 Å². The molecular formula is C8H9N5O2S2. The summed E-state index contributed by atoms with van der Waals surface area (Å²) in [6, 6.07) is 3.38. The minimum absolute atomic E-state index is 0.0996. The average molecular weight is 271 g/mol. The lowest BCUT2D eigenvalue weighted by Crippen LogP contribution is -2.13. The molecule has 2 heterocycles. The maximum absolute atomic E-state index is 11.8. The molecule has 0 amide bonds. The monoisotopic (exact) mass is 271 g/mol. The Labute approximate surface area is 102 Å². The second kappa shape index (κ2) is 4.26.